The lowest BCUT2D eigenvalue weighted by molar-refractivity contribution is -0.115. The first-order valence-corrected chi connectivity index (χ1v) is 8.10. The van der Waals surface area contributed by atoms with Gasteiger partial charge in [0.1, 0.15) is 0 Å². The molecule has 0 spiro atoms. The molecule has 0 aromatic heterocycles. The number of hydrogen-bond donors (Lipinski definition) is 2. The fourth-order valence-corrected chi connectivity index (χ4v) is 3.12. The number of rotatable bonds is 4. The second kappa shape index (κ2) is 6.50. The number of amides is 1. The van der Waals surface area contributed by atoms with Crippen LogP contribution in [0.3, 0.4) is 0 Å². The van der Waals surface area contributed by atoms with Crippen LogP contribution in [-0.2, 0) is 4.79 Å². The highest BCUT2D eigenvalue weighted by Crippen LogP contribution is 2.38. The SMILES string of the molecule is CCC(=O)Nc1cccc(NC2CCCCC2(C)C)c1C. The Balaban J connectivity index is 2.16. The van der Waals surface area contributed by atoms with Crippen molar-refractivity contribution >= 4 is 17.3 Å². The Bertz CT molecular complexity index is 508. The van der Waals surface area contributed by atoms with Gasteiger partial charge >= 0.3 is 0 Å². The fraction of sp³-hybridized carbons (Fsp3) is 0.611. The summed E-state index contributed by atoms with van der Waals surface area (Å²) < 4.78 is 0. The molecule has 116 valence electrons. The van der Waals surface area contributed by atoms with Crippen LogP contribution in [0.5, 0.6) is 0 Å². The van der Waals surface area contributed by atoms with E-state index in [2.05, 4.69) is 37.5 Å². The van der Waals surface area contributed by atoms with Gasteiger partial charge in [0.2, 0.25) is 5.91 Å². The lowest BCUT2D eigenvalue weighted by atomic mass is 9.73. The average Bonchev–Trinajstić information content (AvgIpc) is 2.45. The van der Waals surface area contributed by atoms with Gasteiger partial charge in [0, 0.05) is 23.8 Å². The molecule has 3 nitrogen and oxygen atoms in total. The largest absolute Gasteiger partial charge is 0.381 e. The van der Waals surface area contributed by atoms with Crippen LogP contribution < -0.4 is 10.6 Å². The molecule has 0 bridgehead atoms. The summed E-state index contributed by atoms with van der Waals surface area (Å²) in [6.45, 7) is 8.64. The number of carbonyl (C=O) groups excluding carboxylic acids is 1. The van der Waals surface area contributed by atoms with E-state index < -0.39 is 0 Å². The van der Waals surface area contributed by atoms with Gasteiger partial charge in [0.15, 0.2) is 0 Å². The van der Waals surface area contributed by atoms with Crippen molar-refractivity contribution in [3.8, 4) is 0 Å². The molecule has 0 saturated heterocycles. The van der Waals surface area contributed by atoms with Gasteiger partial charge in [-0.1, -0.05) is 39.7 Å². The molecule has 1 aliphatic rings. The number of anilines is 2. The molecule has 2 N–H and O–H groups in total. The van der Waals surface area contributed by atoms with Gasteiger partial charge in [0.05, 0.1) is 0 Å². The van der Waals surface area contributed by atoms with Crippen LogP contribution in [-0.4, -0.2) is 11.9 Å². The van der Waals surface area contributed by atoms with Gasteiger partial charge in [-0.2, -0.15) is 0 Å². The molecule has 1 aromatic rings. The molecule has 1 saturated carbocycles. The van der Waals surface area contributed by atoms with Crippen molar-refractivity contribution in [1.82, 2.24) is 0 Å². The summed E-state index contributed by atoms with van der Waals surface area (Å²) in [6, 6.07) is 6.60. The molecule has 2 rings (SSSR count). The van der Waals surface area contributed by atoms with E-state index in [0.29, 0.717) is 17.9 Å². The van der Waals surface area contributed by atoms with E-state index in [-0.39, 0.29) is 5.91 Å². The van der Waals surface area contributed by atoms with Crippen molar-refractivity contribution in [3.05, 3.63) is 23.8 Å². The van der Waals surface area contributed by atoms with Gasteiger partial charge in [-0.05, 0) is 42.9 Å². The van der Waals surface area contributed by atoms with Gasteiger partial charge in [-0.25, -0.2) is 0 Å². The molecule has 21 heavy (non-hydrogen) atoms. The third-order valence-corrected chi connectivity index (χ3v) is 4.77. The van der Waals surface area contributed by atoms with E-state index >= 15 is 0 Å². The maximum Gasteiger partial charge on any atom is 0.224 e. The predicted octanol–water partition coefficient (Wildman–Crippen LogP) is 4.72. The molecule has 3 heteroatoms. The number of nitrogens with one attached hydrogen (secondary N) is 2. The van der Waals surface area contributed by atoms with Gasteiger partial charge < -0.3 is 10.6 Å². The first-order valence-electron chi connectivity index (χ1n) is 8.10. The van der Waals surface area contributed by atoms with Crippen LogP contribution >= 0.6 is 0 Å². The minimum absolute atomic E-state index is 0.0632. The first kappa shape index (κ1) is 15.9. The van der Waals surface area contributed by atoms with Crippen LogP contribution in [0.2, 0.25) is 0 Å². The van der Waals surface area contributed by atoms with E-state index in [9.17, 15) is 4.79 Å². The summed E-state index contributed by atoms with van der Waals surface area (Å²) in [5.41, 5.74) is 3.51. The molecule has 1 amide bonds. The normalized spacial score (nSPS) is 20.9. The minimum Gasteiger partial charge on any atom is -0.381 e. The predicted molar refractivity (Wildman–Crippen MR) is 89.8 cm³/mol. The second-order valence-electron chi connectivity index (χ2n) is 6.81. The third-order valence-electron chi connectivity index (χ3n) is 4.77. The zero-order valence-corrected chi connectivity index (χ0v) is 13.8. The standard InChI is InChI=1S/C18H28N2O/c1-5-17(21)20-15-10-8-9-14(13(15)2)19-16-11-6-7-12-18(16,3)4/h8-10,16,19H,5-7,11-12H2,1-4H3,(H,20,21). The molecule has 0 aliphatic heterocycles. The van der Waals surface area contributed by atoms with E-state index in [4.69, 9.17) is 0 Å². The van der Waals surface area contributed by atoms with E-state index in [1.165, 1.54) is 25.7 Å². The molecule has 1 unspecified atom stereocenters. The van der Waals surface area contributed by atoms with Gasteiger partial charge in [-0.3, -0.25) is 4.79 Å². The Morgan fingerprint density at radius 1 is 1.29 bits per heavy atom. The molecular weight excluding hydrogens is 260 g/mol. The Hall–Kier alpha value is -1.51. The molecule has 0 radical (unpaired) electrons. The third kappa shape index (κ3) is 3.78. The molecular formula is C18H28N2O. The lowest BCUT2D eigenvalue weighted by Crippen LogP contribution is -2.39. The monoisotopic (exact) mass is 288 g/mol. The quantitative estimate of drug-likeness (QED) is 0.841. The van der Waals surface area contributed by atoms with Crippen molar-refractivity contribution in [2.24, 2.45) is 5.41 Å². The van der Waals surface area contributed by atoms with Crippen LogP contribution in [0.1, 0.15) is 58.4 Å². The van der Waals surface area contributed by atoms with Gasteiger partial charge in [0.25, 0.3) is 0 Å². The Morgan fingerprint density at radius 3 is 2.67 bits per heavy atom. The number of benzene rings is 1. The second-order valence-corrected chi connectivity index (χ2v) is 6.81. The molecule has 1 fully saturated rings. The smallest absolute Gasteiger partial charge is 0.224 e. The Kier molecular flexibility index (Phi) is 4.92. The molecule has 1 aliphatic carbocycles. The Morgan fingerprint density at radius 2 is 2.00 bits per heavy atom. The zero-order chi connectivity index (χ0) is 15.5. The highest BCUT2D eigenvalue weighted by Gasteiger charge is 2.32. The summed E-state index contributed by atoms with van der Waals surface area (Å²) in [5, 5.41) is 6.70. The van der Waals surface area contributed by atoms with Crippen molar-refractivity contribution in [2.75, 3.05) is 10.6 Å². The summed E-state index contributed by atoms with van der Waals surface area (Å²) in [4.78, 5) is 11.6. The summed E-state index contributed by atoms with van der Waals surface area (Å²) in [6.07, 6.45) is 5.63. The maximum absolute atomic E-state index is 11.6. The van der Waals surface area contributed by atoms with Gasteiger partial charge in [-0.15, -0.1) is 0 Å². The average molecular weight is 288 g/mol. The van der Waals surface area contributed by atoms with Crippen molar-refractivity contribution in [2.45, 2.75) is 65.8 Å². The van der Waals surface area contributed by atoms with Crippen LogP contribution in [0.15, 0.2) is 18.2 Å². The van der Waals surface area contributed by atoms with Crippen LogP contribution in [0.4, 0.5) is 11.4 Å². The molecule has 0 heterocycles. The van der Waals surface area contributed by atoms with E-state index in [1.807, 2.05) is 19.1 Å². The minimum atomic E-state index is 0.0632. The zero-order valence-electron chi connectivity index (χ0n) is 13.8. The summed E-state index contributed by atoms with van der Waals surface area (Å²) in [5.74, 6) is 0.0632. The molecule has 1 atom stereocenters. The van der Waals surface area contributed by atoms with E-state index in [0.717, 1.165) is 16.9 Å². The van der Waals surface area contributed by atoms with E-state index in [1.54, 1.807) is 0 Å². The molecule has 1 aromatic carbocycles. The van der Waals surface area contributed by atoms with Crippen molar-refractivity contribution < 1.29 is 4.79 Å². The van der Waals surface area contributed by atoms with Crippen molar-refractivity contribution in [3.63, 3.8) is 0 Å². The topological polar surface area (TPSA) is 41.1 Å². The number of carbonyl (C=O) groups is 1. The van der Waals surface area contributed by atoms with Crippen LogP contribution in [0.25, 0.3) is 0 Å². The van der Waals surface area contributed by atoms with Crippen molar-refractivity contribution in [1.29, 1.82) is 0 Å². The fourth-order valence-electron chi connectivity index (χ4n) is 3.12. The highest BCUT2D eigenvalue weighted by atomic mass is 16.1. The first-order chi connectivity index (χ1) is 9.94. The summed E-state index contributed by atoms with van der Waals surface area (Å²) in [7, 11) is 0. The van der Waals surface area contributed by atoms with Crippen LogP contribution in [0, 0.1) is 12.3 Å². The maximum atomic E-state index is 11.6. The highest BCUT2D eigenvalue weighted by molar-refractivity contribution is 5.92. The Labute approximate surface area is 128 Å². The lowest BCUT2D eigenvalue weighted by Gasteiger charge is -2.40. The summed E-state index contributed by atoms with van der Waals surface area (Å²) >= 11 is 0. The number of hydrogen-bond acceptors (Lipinski definition) is 2.